The molecule has 0 aliphatic carbocycles. The van der Waals surface area contributed by atoms with Crippen LogP contribution in [0, 0.1) is 13.8 Å². The largest absolute Gasteiger partial charge is 0.493 e. The first-order valence-corrected chi connectivity index (χ1v) is 6.17. The van der Waals surface area contributed by atoms with Gasteiger partial charge in [-0.3, -0.25) is 0 Å². The van der Waals surface area contributed by atoms with E-state index in [0.29, 0.717) is 0 Å². The molecule has 96 valence electrons. The van der Waals surface area contributed by atoms with E-state index < -0.39 is 0 Å². The highest BCUT2D eigenvalue weighted by Crippen LogP contribution is 2.35. The van der Waals surface area contributed by atoms with Crippen LogP contribution in [0.4, 0.5) is 0 Å². The first-order valence-electron chi connectivity index (χ1n) is 6.17. The second-order valence-electron chi connectivity index (χ2n) is 5.73. The van der Waals surface area contributed by atoms with Crippen LogP contribution < -0.4 is 0 Å². The molecule has 0 aliphatic heterocycles. The first kappa shape index (κ1) is 12.7. The second-order valence-corrected chi connectivity index (χ2v) is 5.73. The molecular formula is C15H20N2O. The van der Waals surface area contributed by atoms with Crippen LogP contribution in [0.5, 0.6) is 5.88 Å². The molecule has 1 N–H and O–H groups in total. The zero-order valence-corrected chi connectivity index (χ0v) is 11.7. The molecule has 0 aliphatic rings. The van der Waals surface area contributed by atoms with Crippen molar-refractivity contribution in [1.29, 1.82) is 0 Å². The number of hydrogen-bond donors (Lipinski definition) is 1. The fourth-order valence-corrected chi connectivity index (χ4v) is 2.04. The van der Waals surface area contributed by atoms with Crippen LogP contribution in [-0.4, -0.2) is 14.9 Å². The maximum absolute atomic E-state index is 10.4. The van der Waals surface area contributed by atoms with Crippen molar-refractivity contribution in [2.45, 2.75) is 40.2 Å². The molecule has 0 saturated heterocycles. The van der Waals surface area contributed by atoms with Crippen LogP contribution in [0.2, 0.25) is 0 Å². The van der Waals surface area contributed by atoms with Gasteiger partial charge in [0.25, 0.3) is 0 Å². The van der Waals surface area contributed by atoms with Gasteiger partial charge in [-0.15, -0.1) is 0 Å². The third-order valence-corrected chi connectivity index (χ3v) is 3.01. The summed E-state index contributed by atoms with van der Waals surface area (Å²) >= 11 is 0. The smallest absolute Gasteiger partial charge is 0.218 e. The minimum Gasteiger partial charge on any atom is -0.493 e. The average molecular weight is 244 g/mol. The van der Waals surface area contributed by atoms with Crippen molar-refractivity contribution in [3.63, 3.8) is 0 Å². The van der Waals surface area contributed by atoms with Crippen LogP contribution >= 0.6 is 0 Å². The molecule has 0 amide bonds. The molecule has 2 aromatic rings. The van der Waals surface area contributed by atoms with E-state index in [1.54, 1.807) is 4.68 Å². The average Bonchev–Trinajstić information content (AvgIpc) is 2.56. The monoisotopic (exact) mass is 244 g/mol. The molecular weight excluding hydrogens is 224 g/mol. The fourth-order valence-electron chi connectivity index (χ4n) is 2.04. The molecule has 0 unspecified atom stereocenters. The summed E-state index contributed by atoms with van der Waals surface area (Å²) in [5.41, 5.74) is 3.67. The number of rotatable bonds is 1. The number of hydrogen-bond acceptors (Lipinski definition) is 2. The van der Waals surface area contributed by atoms with Crippen molar-refractivity contribution in [2.24, 2.45) is 0 Å². The normalized spacial score (nSPS) is 11.8. The number of benzene rings is 1. The number of aromatic nitrogens is 2. The minimum absolute atomic E-state index is 0.224. The van der Waals surface area contributed by atoms with E-state index >= 15 is 0 Å². The molecule has 0 bridgehead atoms. The van der Waals surface area contributed by atoms with E-state index in [2.05, 4.69) is 12.0 Å². The van der Waals surface area contributed by atoms with Crippen molar-refractivity contribution >= 4 is 0 Å². The van der Waals surface area contributed by atoms with E-state index in [1.807, 2.05) is 52.0 Å². The third kappa shape index (κ3) is 2.13. The highest BCUT2D eigenvalue weighted by Gasteiger charge is 2.23. The van der Waals surface area contributed by atoms with Crippen LogP contribution in [-0.2, 0) is 5.54 Å². The van der Waals surface area contributed by atoms with Crippen LogP contribution in [0.3, 0.4) is 0 Å². The molecule has 0 spiro atoms. The summed E-state index contributed by atoms with van der Waals surface area (Å²) in [7, 11) is 0. The Bertz CT molecular complexity index is 559. The van der Waals surface area contributed by atoms with Gasteiger partial charge in [0.15, 0.2) is 0 Å². The van der Waals surface area contributed by atoms with Gasteiger partial charge in [-0.1, -0.05) is 29.8 Å². The summed E-state index contributed by atoms with van der Waals surface area (Å²) in [6.45, 7) is 10.1. The van der Waals surface area contributed by atoms with Gasteiger partial charge in [-0.25, -0.2) is 4.68 Å². The Morgan fingerprint density at radius 3 is 2.06 bits per heavy atom. The molecule has 0 atom stereocenters. The molecule has 2 rings (SSSR count). The van der Waals surface area contributed by atoms with Gasteiger partial charge in [0.2, 0.25) is 5.88 Å². The lowest BCUT2D eigenvalue weighted by atomic mass is 10.0. The Hall–Kier alpha value is -1.77. The molecule has 1 aromatic heterocycles. The number of aromatic hydroxyl groups is 1. The Labute approximate surface area is 108 Å². The maximum atomic E-state index is 10.4. The molecule has 0 fully saturated rings. The zero-order chi connectivity index (χ0) is 13.5. The first-order chi connectivity index (χ1) is 8.30. The molecule has 18 heavy (non-hydrogen) atoms. The van der Waals surface area contributed by atoms with Gasteiger partial charge in [-0.05, 0) is 40.2 Å². The van der Waals surface area contributed by atoms with E-state index in [-0.39, 0.29) is 11.4 Å². The lowest BCUT2D eigenvalue weighted by Gasteiger charge is -2.20. The fraction of sp³-hybridized carbons (Fsp3) is 0.400. The van der Waals surface area contributed by atoms with E-state index in [0.717, 1.165) is 16.8 Å². The summed E-state index contributed by atoms with van der Waals surface area (Å²) in [5.74, 6) is 0.240. The number of aryl methyl sites for hydroxylation is 2. The van der Waals surface area contributed by atoms with Gasteiger partial charge in [0, 0.05) is 0 Å². The van der Waals surface area contributed by atoms with Crippen molar-refractivity contribution in [2.75, 3.05) is 0 Å². The molecule has 3 nitrogen and oxygen atoms in total. The van der Waals surface area contributed by atoms with E-state index in [9.17, 15) is 5.11 Å². The van der Waals surface area contributed by atoms with Gasteiger partial charge in [0.05, 0.1) is 16.8 Å². The van der Waals surface area contributed by atoms with E-state index in [4.69, 9.17) is 0 Å². The Morgan fingerprint density at radius 2 is 1.61 bits per heavy atom. The summed E-state index contributed by atoms with van der Waals surface area (Å²) < 4.78 is 1.68. The molecule has 1 aromatic carbocycles. The van der Waals surface area contributed by atoms with Gasteiger partial charge in [0.1, 0.15) is 0 Å². The molecule has 0 radical (unpaired) electrons. The van der Waals surface area contributed by atoms with Gasteiger partial charge in [-0.2, -0.15) is 5.10 Å². The van der Waals surface area contributed by atoms with Crippen molar-refractivity contribution in [3.05, 3.63) is 35.5 Å². The van der Waals surface area contributed by atoms with Gasteiger partial charge < -0.3 is 5.11 Å². The van der Waals surface area contributed by atoms with Crippen LogP contribution in [0.15, 0.2) is 24.3 Å². The molecule has 1 heterocycles. The lowest BCUT2D eigenvalue weighted by Crippen LogP contribution is -2.22. The maximum Gasteiger partial charge on any atom is 0.218 e. The standard InChI is InChI=1S/C15H20N2O/c1-10-6-8-12(9-7-10)13-11(2)16-17(14(13)18)15(3,4)5/h6-9,18H,1-5H3. The van der Waals surface area contributed by atoms with Crippen LogP contribution in [0.25, 0.3) is 11.1 Å². The highest BCUT2D eigenvalue weighted by atomic mass is 16.3. The Kier molecular flexibility index (Phi) is 2.93. The van der Waals surface area contributed by atoms with Gasteiger partial charge >= 0.3 is 0 Å². The Morgan fingerprint density at radius 1 is 1.06 bits per heavy atom. The van der Waals surface area contributed by atoms with Crippen molar-refractivity contribution in [1.82, 2.24) is 9.78 Å². The topological polar surface area (TPSA) is 38.0 Å². The summed E-state index contributed by atoms with van der Waals surface area (Å²) in [6.07, 6.45) is 0. The summed E-state index contributed by atoms with van der Waals surface area (Å²) in [6, 6.07) is 8.13. The van der Waals surface area contributed by atoms with Crippen molar-refractivity contribution in [3.8, 4) is 17.0 Å². The van der Waals surface area contributed by atoms with Crippen LogP contribution in [0.1, 0.15) is 32.0 Å². The summed E-state index contributed by atoms with van der Waals surface area (Å²) in [5, 5.41) is 14.8. The molecule has 3 heteroatoms. The Balaban J connectivity index is 2.59. The quantitative estimate of drug-likeness (QED) is 0.832. The number of nitrogens with zero attached hydrogens (tertiary/aromatic N) is 2. The van der Waals surface area contributed by atoms with E-state index in [1.165, 1.54) is 5.56 Å². The SMILES string of the molecule is Cc1ccc(-c2c(C)nn(C(C)(C)C)c2O)cc1. The lowest BCUT2D eigenvalue weighted by molar-refractivity contribution is 0.295. The van der Waals surface area contributed by atoms with Crippen molar-refractivity contribution < 1.29 is 5.11 Å². The predicted molar refractivity (Wildman–Crippen MR) is 73.8 cm³/mol. The third-order valence-electron chi connectivity index (χ3n) is 3.01. The summed E-state index contributed by atoms with van der Waals surface area (Å²) in [4.78, 5) is 0. The highest BCUT2D eigenvalue weighted by molar-refractivity contribution is 5.71. The zero-order valence-electron chi connectivity index (χ0n) is 11.7. The predicted octanol–water partition coefficient (Wildman–Crippen LogP) is 3.63. The minimum atomic E-state index is -0.224. The molecule has 0 saturated carbocycles. The second kappa shape index (κ2) is 4.16.